The van der Waals surface area contributed by atoms with Gasteiger partial charge in [-0.25, -0.2) is 0 Å². The Labute approximate surface area is 274 Å². The fourth-order valence-electron chi connectivity index (χ4n) is 6.86. The van der Waals surface area contributed by atoms with Crippen LogP contribution in [0.5, 0.6) is 0 Å². The van der Waals surface area contributed by atoms with E-state index in [1.165, 1.54) is 0 Å². The molecule has 0 aromatic carbocycles. The van der Waals surface area contributed by atoms with Gasteiger partial charge in [-0.2, -0.15) is 25.3 Å². The van der Waals surface area contributed by atoms with E-state index in [4.69, 9.17) is 12.6 Å². The van der Waals surface area contributed by atoms with Crippen LogP contribution >= 0.6 is 25.3 Å². The first-order valence-corrected chi connectivity index (χ1v) is 16.4. The lowest BCUT2D eigenvalue weighted by molar-refractivity contribution is -0.138. The molecule has 2 aromatic rings. The summed E-state index contributed by atoms with van der Waals surface area (Å²) < 4.78 is 0. The van der Waals surface area contributed by atoms with E-state index in [1.54, 1.807) is 6.92 Å². The summed E-state index contributed by atoms with van der Waals surface area (Å²) in [6.07, 6.45) is 2.07. The lowest BCUT2D eigenvalue weighted by atomic mass is 9.95. The summed E-state index contributed by atoms with van der Waals surface area (Å²) in [7, 11) is 0. The van der Waals surface area contributed by atoms with Gasteiger partial charge < -0.3 is 30.8 Å². The molecule has 2 amide bonds. The molecule has 4 rings (SSSR count). The maximum atomic E-state index is 12.5. The van der Waals surface area contributed by atoms with Crippen LogP contribution < -0.4 is 10.6 Å². The number of carbonyl (C=O) groups excluding carboxylic acids is 2. The lowest BCUT2D eigenvalue weighted by Gasteiger charge is -2.18. The summed E-state index contributed by atoms with van der Waals surface area (Å²) >= 11 is 9.69. The average molecular weight is 657 g/mol. The molecule has 0 saturated carbocycles. The monoisotopic (exact) mass is 656 g/mol. The highest BCUT2D eigenvalue weighted by atomic mass is 32.1. The van der Waals surface area contributed by atoms with Gasteiger partial charge in [0.15, 0.2) is 0 Å². The molecular formula is C33H44N4O6S2. The van der Waals surface area contributed by atoms with Crippen molar-refractivity contribution >= 4 is 49.0 Å². The number of carbonyl (C=O) groups is 4. The minimum absolute atomic E-state index is 0.0565. The Morgan fingerprint density at radius 3 is 1.69 bits per heavy atom. The number of carboxylic acid groups (broad SMARTS) is 2. The molecule has 2 aromatic heterocycles. The molecule has 45 heavy (non-hydrogen) atoms. The number of hydrogen-bond acceptors (Lipinski definition) is 6. The number of aromatic amines is 2. The summed E-state index contributed by atoms with van der Waals surface area (Å²) in [5.41, 5.74) is 10.2. The predicted molar refractivity (Wildman–Crippen MR) is 179 cm³/mol. The zero-order chi connectivity index (χ0) is 33.3. The highest BCUT2D eigenvalue weighted by molar-refractivity contribution is 7.81. The van der Waals surface area contributed by atoms with Crippen molar-refractivity contribution in [3.05, 3.63) is 67.3 Å². The van der Waals surface area contributed by atoms with E-state index >= 15 is 0 Å². The molecule has 4 heterocycles. The van der Waals surface area contributed by atoms with Crippen molar-refractivity contribution < 1.29 is 29.4 Å². The van der Waals surface area contributed by atoms with E-state index < -0.39 is 17.2 Å². The van der Waals surface area contributed by atoms with E-state index in [-0.39, 0.29) is 54.8 Å². The number of H-pyrrole nitrogens is 2. The number of carboxylic acids is 2. The van der Waals surface area contributed by atoms with Gasteiger partial charge in [0.2, 0.25) is 11.8 Å². The van der Waals surface area contributed by atoms with E-state index in [1.807, 2.05) is 34.6 Å². The van der Waals surface area contributed by atoms with Crippen molar-refractivity contribution in [2.45, 2.75) is 109 Å². The van der Waals surface area contributed by atoms with Gasteiger partial charge in [-0.1, -0.05) is 6.92 Å². The van der Waals surface area contributed by atoms with Crippen molar-refractivity contribution in [1.29, 1.82) is 0 Å². The molecule has 10 nitrogen and oxygen atoms in total. The summed E-state index contributed by atoms with van der Waals surface area (Å²) in [5.74, 6) is -2.01. The van der Waals surface area contributed by atoms with Gasteiger partial charge >= 0.3 is 11.9 Å². The molecule has 0 fully saturated rings. The molecule has 2 aliphatic rings. The summed E-state index contributed by atoms with van der Waals surface area (Å²) in [4.78, 5) is 55.4. The van der Waals surface area contributed by atoms with Gasteiger partial charge in [0.25, 0.3) is 0 Å². The normalized spacial score (nSPS) is 19.7. The third kappa shape index (κ3) is 7.06. The highest BCUT2D eigenvalue weighted by Crippen LogP contribution is 2.39. The Balaban J connectivity index is 1.76. The third-order valence-electron chi connectivity index (χ3n) is 9.41. The molecule has 1 unspecified atom stereocenters. The van der Waals surface area contributed by atoms with Crippen molar-refractivity contribution in [3.63, 3.8) is 0 Å². The topological polar surface area (TPSA) is 164 Å². The molecule has 0 bridgehead atoms. The van der Waals surface area contributed by atoms with E-state index in [2.05, 4.69) is 33.2 Å². The van der Waals surface area contributed by atoms with Gasteiger partial charge in [0.05, 0.1) is 17.3 Å². The van der Waals surface area contributed by atoms with Crippen molar-refractivity contribution in [3.8, 4) is 0 Å². The molecular weight excluding hydrogens is 613 g/mol. The van der Waals surface area contributed by atoms with Gasteiger partial charge in [-0.3, -0.25) is 19.2 Å². The maximum Gasteiger partial charge on any atom is 0.303 e. The minimum atomic E-state index is -0.916. The first-order chi connectivity index (χ1) is 21.2. The second-order valence-electron chi connectivity index (χ2n) is 12.2. The van der Waals surface area contributed by atoms with Crippen LogP contribution in [0.15, 0.2) is 22.3 Å². The molecule has 6 N–H and O–H groups in total. The van der Waals surface area contributed by atoms with Gasteiger partial charge in [-0.05, 0) is 87.3 Å². The zero-order valence-corrected chi connectivity index (χ0v) is 28.5. The van der Waals surface area contributed by atoms with Crippen molar-refractivity contribution in [2.75, 3.05) is 0 Å². The standard InChI is InChI=1S/C33H44N4O6S2/c1-7-19-14(2)24(36-33(19)43)12-22-15(3)20(8-10-26(38)39)29(34-22)31(45)30-21(9-11-27(40)41)16(4)23(35-30)13-25-28(18(6)44)17(5)32(42)37-25/h18,24-25,31,34-35,44-45H,7-13H2,1-6H3,(H,36,43)(H,37,42)(H,38,39)(H,40,41)/t18-,24?,25+,31+/m0/s1. The fraction of sp³-hybridized carbons (Fsp3) is 0.515. The van der Waals surface area contributed by atoms with Gasteiger partial charge in [0, 0.05) is 64.9 Å². The number of rotatable bonds is 14. The molecule has 2 aliphatic heterocycles. The van der Waals surface area contributed by atoms with Crippen LogP contribution in [0.4, 0.5) is 0 Å². The average Bonchev–Trinajstić information content (AvgIpc) is 3.63. The van der Waals surface area contributed by atoms with Crippen LogP contribution in [0.3, 0.4) is 0 Å². The van der Waals surface area contributed by atoms with Gasteiger partial charge in [0.1, 0.15) is 0 Å². The van der Waals surface area contributed by atoms with E-state index in [0.717, 1.165) is 61.7 Å². The number of aromatic nitrogens is 2. The Bertz CT molecular complexity index is 1600. The number of nitrogens with one attached hydrogen (secondary N) is 4. The number of thiol groups is 2. The Morgan fingerprint density at radius 2 is 1.27 bits per heavy atom. The molecule has 12 heteroatoms. The number of aliphatic carboxylic acids is 2. The molecule has 0 radical (unpaired) electrons. The Hall–Kier alpha value is -3.38. The molecule has 0 aliphatic carbocycles. The van der Waals surface area contributed by atoms with Crippen LogP contribution in [-0.4, -0.2) is 61.3 Å². The second-order valence-corrected chi connectivity index (χ2v) is 13.5. The summed E-state index contributed by atoms with van der Waals surface area (Å²) in [5, 5.41) is 24.5. The van der Waals surface area contributed by atoms with Crippen LogP contribution in [-0.2, 0) is 44.9 Å². The van der Waals surface area contributed by atoms with E-state index in [9.17, 15) is 29.4 Å². The molecule has 4 atom stereocenters. The van der Waals surface area contributed by atoms with Gasteiger partial charge in [-0.15, -0.1) is 0 Å². The minimum Gasteiger partial charge on any atom is -0.481 e. The SMILES string of the molecule is CCC1=C(C)C(Cc2[nH]c([C@@H](S)c3[nH]c(C[C@H]4NC(=O)C(C)=C4[C@H](C)S)c(C)c3CCC(=O)O)c(CCC(=O)O)c2C)NC1=O. The first-order valence-electron chi connectivity index (χ1n) is 15.4. The fourth-order valence-corrected chi connectivity index (χ4v) is 7.67. The summed E-state index contributed by atoms with van der Waals surface area (Å²) in [6.45, 7) is 11.6. The smallest absolute Gasteiger partial charge is 0.303 e. The highest BCUT2D eigenvalue weighted by Gasteiger charge is 2.34. The Morgan fingerprint density at radius 1 is 0.800 bits per heavy atom. The summed E-state index contributed by atoms with van der Waals surface area (Å²) in [6, 6.07) is -0.423. The first kappa shape index (κ1) is 34.5. The maximum absolute atomic E-state index is 12.5. The van der Waals surface area contributed by atoms with Crippen LogP contribution in [0.25, 0.3) is 0 Å². The predicted octanol–water partition coefficient (Wildman–Crippen LogP) is 4.46. The largest absolute Gasteiger partial charge is 0.481 e. The second kappa shape index (κ2) is 13.9. The van der Waals surface area contributed by atoms with Crippen LogP contribution in [0, 0.1) is 13.8 Å². The number of hydrogen-bond donors (Lipinski definition) is 8. The van der Waals surface area contributed by atoms with Crippen LogP contribution in [0.2, 0.25) is 0 Å². The molecule has 0 saturated heterocycles. The van der Waals surface area contributed by atoms with E-state index in [0.29, 0.717) is 24.8 Å². The van der Waals surface area contributed by atoms with Crippen molar-refractivity contribution in [2.24, 2.45) is 0 Å². The number of amides is 2. The molecule has 0 spiro atoms. The third-order valence-corrected chi connectivity index (χ3v) is 10.2. The van der Waals surface area contributed by atoms with Crippen molar-refractivity contribution in [1.82, 2.24) is 20.6 Å². The van der Waals surface area contributed by atoms with Crippen LogP contribution in [0.1, 0.15) is 97.2 Å². The quantitative estimate of drug-likeness (QED) is 0.140. The Kier molecular flexibility index (Phi) is 10.7. The molecule has 244 valence electrons. The zero-order valence-electron chi connectivity index (χ0n) is 26.7. The lowest BCUT2D eigenvalue weighted by Crippen LogP contribution is -2.32.